The van der Waals surface area contributed by atoms with Gasteiger partial charge in [0.1, 0.15) is 30.7 Å². The number of hydrogen-bond donors (Lipinski definition) is 2. The molecule has 0 saturated carbocycles. The third-order valence-electron chi connectivity index (χ3n) is 6.09. The number of amides is 1. The van der Waals surface area contributed by atoms with Crippen molar-refractivity contribution >= 4 is 5.91 Å². The normalized spacial score (nSPS) is 13.4. The van der Waals surface area contributed by atoms with E-state index in [2.05, 4.69) is 0 Å². The molecule has 1 heterocycles. The van der Waals surface area contributed by atoms with Gasteiger partial charge in [0.2, 0.25) is 5.91 Å². The van der Waals surface area contributed by atoms with E-state index in [9.17, 15) is 18.7 Å². The molecule has 2 aromatic carbocycles. The first-order valence-electron chi connectivity index (χ1n) is 12.2. The number of methoxy groups -OCH3 is 1. The van der Waals surface area contributed by atoms with Crippen molar-refractivity contribution in [3.05, 3.63) is 71.9 Å². The molecular weight excluding hydrogens is 478 g/mol. The Kier molecular flexibility index (Phi) is 9.39. The molecule has 0 aliphatic carbocycles. The zero-order valence-electron chi connectivity index (χ0n) is 21.8. The predicted molar refractivity (Wildman–Crippen MR) is 139 cm³/mol. The van der Waals surface area contributed by atoms with Crippen molar-refractivity contribution in [1.82, 2.24) is 14.5 Å². The average molecular weight is 515 g/mol. The van der Waals surface area contributed by atoms with Crippen LogP contribution in [0.5, 0.6) is 5.75 Å². The second-order valence-electron chi connectivity index (χ2n) is 10.3. The summed E-state index contributed by atoms with van der Waals surface area (Å²) in [6.45, 7) is 5.71. The Labute approximate surface area is 216 Å². The topological polar surface area (TPSA) is 93.6 Å². The molecule has 0 saturated heterocycles. The van der Waals surface area contributed by atoms with Gasteiger partial charge < -0.3 is 25.0 Å². The number of carbonyl (C=O) groups excluding carboxylic acids is 1. The summed E-state index contributed by atoms with van der Waals surface area (Å²) >= 11 is 0. The minimum Gasteiger partial charge on any atom is -0.508 e. The van der Waals surface area contributed by atoms with Gasteiger partial charge in [0.15, 0.2) is 0 Å². The van der Waals surface area contributed by atoms with Gasteiger partial charge >= 0.3 is 0 Å². The van der Waals surface area contributed by atoms with Crippen LogP contribution in [0.15, 0.2) is 54.7 Å². The number of halogens is 2. The van der Waals surface area contributed by atoms with Crippen molar-refractivity contribution in [2.75, 3.05) is 26.9 Å². The predicted octanol–water partition coefficient (Wildman–Crippen LogP) is 4.69. The highest BCUT2D eigenvalue weighted by atomic mass is 19.1. The Morgan fingerprint density at radius 1 is 1.22 bits per heavy atom. The molecule has 0 spiro atoms. The molecule has 37 heavy (non-hydrogen) atoms. The van der Waals surface area contributed by atoms with Crippen LogP contribution in [0.3, 0.4) is 0 Å². The number of hydrogen-bond acceptors (Lipinski definition) is 5. The number of phenolic OH excluding ortho intramolecular Hbond substituents is 1. The van der Waals surface area contributed by atoms with Crippen LogP contribution in [-0.2, 0) is 16.1 Å². The molecule has 0 radical (unpaired) electrons. The summed E-state index contributed by atoms with van der Waals surface area (Å²) in [5.41, 5.74) is 7.33. The maximum Gasteiger partial charge on any atom is 0.249 e. The largest absolute Gasteiger partial charge is 0.508 e. The summed E-state index contributed by atoms with van der Waals surface area (Å²) in [5.74, 6) is 0.0566. The van der Waals surface area contributed by atoms with Gasteiger partial charge in [0.05, 0.1) is 11.7 Å². The molecule has 1 aromatic heterocycles. The van der Waals surface area contributed by atoms with Crippen molar-refractivity contribution in [1.29, 1.82) is 0 Å². The summed E-state index contributed by atoms with van der Waals surface area (Å²) in [5, 5.41) is 10.0. The Balaban J connectivity index is 2.17. The standard InChI is InChI=1S/C28H36F2N4O3/c1-28(2,3)26(34(25(36)18-37-4)12-11-22(31)15-29)27-32-24(20-8-6-9-21(30)14-20)17-33(27)16-19-7-5-10-23(35)13-19/h5-10,13-14,17,22,26,35H,11-12,15-16,18,31H2,1-4H3/t22-,26-/m0/s1. The lowest BCUT2D eigenvalue weighted by molar-refractivity contribution is -0.140. The number of phenols is 1. The molecule has 0 bridgehead atoms. The average Bonchev–Trinajstić information content (AvgIpc) is 3.23. The monoisotopic (exact) mass is 514 g/mol. The maximum atomic E-state index is 14.1. The van der Waals surface area contributed by atoms with Crippen LogP contribution in [0.25, 0.3) is 11.3 Å². The van der Waals surface area contributed by atoms with E-state index in [1.165, 1.54) is 19.2 Å². The Morgan fingerprint density at radius 3 is 2.57 bits per heavy atom. The highest BCUT2D eigenvalue weighted by Gasteiger charge is 2.38. The molecule has 1 amide bonds. The van der Waals surface area contributed by atoms with Crippen LogP contribution in [0, 0.1) is 11.2 Å². The van der Waals surface area contributed by atoms with E-state index in [-0.39, 0.29) is 37.0 Å². The number of alkyl halides is 1. The second-order valence-corrected chi connectivity index (χ2v) is 10.3. The first-order chi connectivity index (χ1) is 17.5. The lowest BCUT2D eigenvalue weighted by Crippen LogP contribution is -2.45. The van der Waals surface area contributed by atoms with E-state index in [4.69, 9.17) is 15.5 Å². The van der Waals surface area contributed by atoms with E-state index >= 15 is 0 Å². The molecule has 2 atom stereocenters. The summed E-state index contributed by atoms with van der Waals surface area (Å²) in [4.78, 5) is 19.8. The van der Waals surface area contributed by atoms with Crippen molar-refractivity contribution < 1.29 is 23.4 Å². The van der Waals surface area contributed by atoms with Crippen LogP contribution in [0.1, 0.15) is 44.6 Å². The van der Waals surface area contributed by atoms with Crippen LogP contribution in [0.4, 0.5) is 8.78 Å². The quantitative estimate of drug-likeness (QED) is 0.387. The number of imidazole rings is 1. The van der Waals surface area contributed by atoms with Gasteiger partial charge in [-0.25, -0.2) is 13.8 Å². The molecule has 0 aliphatic heterocycles. The highest BCUT2D eigenvalue weighted by Crippen LogP contribution is 2.39. The Hall–Kier alpha value is -3.30. The van der Waals surface area contributed by atoms with Gasteiger partial charge in [-0.15, -0.1) is 0 Å². The number of carbonyl (C=O) groups is 1. The van der Waals surface area contributed by atoms with E-state index in [0.717, 1.165) is 5.56 Å². The number of benzene rings is 2. The minimum atomic E-state index is -0.701. The second kappa shape index (κ2) is 12.3. The lowest BCUT2D eigenvalue weighted by atomic mass is 9.84. The van der Waals surface area contributed by atoms with Gasteiger partial charge in [0.25, 0.3) is 0 Å². The van der Waals surface area contributed by atoms with Gasteiger partial charge in [0, 0.05) is 38.0 Å². The van der Waals surface area contributed by atoms with Crippen LogP contribution in [-0.4, -0.2) is 58.4 Å². The van der Waals surface area contributed by atoms with Crippen LogP contribution in [0.2, 0.25) is 0 Å². The van der Waals surface area contributed by atoms with Crippen molar-refractivity contribution in [3.63, 3.8) is 0 Å². The summed E-state index contributed by atoms with van der Waals surface area (Å²) in [7, 11) is 1.44. The fourth-order valence-electron chi connectivity index (χ4n) is 4.39. The number of rotatable bonds is 11. The fourth-order valence-corrected chi connectivity index (χ4v) is 4.39. The molecule has 0 aliphatic rings. The Bertz CT molecular complexity index is 1190. The molecule has 3 aromatic rings. The zero-order valence-corrected chi connectivity index (χ0v) is 21.8. The summed E-state index contributed by atoms with van der Waals surface area (Å²) in [6, 6.07) is 11.8. The molecule has 200 valence electrons. The number of nitrogens with two attached hydrogens (primary N) is 1. The number of nitrogens with zero attached hydrogens (tertiary/aromatic N) is 3. The van der Waals surface area contributed by atoms with E-state index in [1.54, 1.807) is 35.2 Å². The van der Waals surface area contributed by atoms with E-state index in [0.29, 0.717) is 23.6 Å². The smallest absolute Gasteiger partial charge is 0.249 e. The highest BCUT2D eigenvalue weighted by molar-refractivity contribution is 5.78. The first-order valence-corrected chi connectivity index (χ1v) is 12.2. The van der Waals surface area contributed by atoms with E-state index in [1.807, 2.05) is 37.6 Å². The molecule has 0 unspecified atom stereocenters. The minimum absolute atomic E-state index is 0.133. The Morgan fingerprint density at radius 2 is 1.95 bits per heavy atom. The molecule has 3 N–H and O–H groups in total. The van der Waals surface area contributed by atoms with Crippen molar-refractivity contribution in [3.8, 4) is 17.0 Å². The molecular formula is C28H36F2N4O3. The first kappa shape index (κ1) is 28.3. The van der Waals surface area contributed by atoms with Crippen LogP contribution < -0.4 is 5.73 Å². The van der Waals surface area contributed by atoms with E-state index < -0.39 is 24.2 Å². The molecule has 7 nitrogen and oxygen atoms in total. The van der Waals surface area contributed by atoms with Gasteiger partial charge in [-0.2, -0.15) is 0 Å². The van der Waals surface area contributed by atoms with Crippen molar-refractivity contribution in [2.45, 2.75) is 45.8 Å². The third kappa shape index (κ3) is 7.36. The third-order valence-corrected chi connectivity index (χ3v) is 6.09. The molecule has 9 heteroatoms. The summed E-state index contributed by atoms with van der Waals surface area (Å²) in [6.07, 6.45) is 2.09. The SMILES string of the molecule is COCC(=O)N(CC[C@H](N)CF)[C@@H](c1nc(-c2cccc(F)c2)cn1Cc1cccc(O)c1)C(C)(C)C. The maximum absolute atomic E-state index is 14.1. The number of ether oxygens (including phenoxy) is 1. The lowest BCUT2D eigenvalue weighted by Gasteiger charge is -2.40. The van der Waals surface area contributed by atoms with Crippen molar-refractivity contribution in [2.24, 2.45) is 11.1 Å². The fraction of sp³-hybridized carbons (Fsp3) is 0.429. The zero-order chi connectivity index (χ0) is 27.2. The van der Waals surface area contributed by atoms with Gasteiger partial charge in [-0.3, -0.25) is 4.79 Å². The number of aromatic hydroxyl groups is 1. The molecule has 3 rings (SSSR count). The van der Waals surface area contributed by atoms with Crippen LogP contribution >= 0.6 is 0 Å². The van der Waals surface area contributed by atoms with Gasteiger partial charge in [-0.05, 0) is 41.7 Å². The summed E-state index contributed by atoms with van der Waals surface area (Å²) < 4.78 is 34.3. The number of aromatic nitrogens is 2. The molecule has 0 fully saturated rings. The van der Waals surface area contributed by atoms with Gasteiger partial charge in [-0.1, -0.05) is 45.0 Å².